The highest BCUT2D eigenvalue weighted by molar-refractivity contribution is 6.04. The molecule has 0 bridgehead atoms. The Morgan fingerprint density at radius 3 is 2.41 bits per heavy atom. The normalized spacial score (nSPS) is 16.7. The summed E-state index contributed by atoms with van der Waals surface area (Å²) < 4.78 is 27.1. The molecule has 6 heteroatoms. The lowest BCUT2D eigenvalue weighted by atomic mass is 10.0. The van der Waals surface area contributed by atoms with Crippen molar-refractivity contribution in [1.29, 1.82) is 0 Å². The number of aryl methyl sites for hydroxylation is 2. The Labute approximate surface area is 157 Å². The first kappa shape index (κ1) is 19.0. The van der Waals surface area contributed by atoms with Gasteiger partial charge in [-0.05, 0) is 36.1 Å². The van der Waals surface area contributed by atoms with E-state index in [2.05, 4.69) is 5.32 Å². The van der Waals surface area contributed by atoms with Gasteiger partial charge < -0.3 is 10.2 Å². The van der Waals surface area contributed by atoms with Gasteiger partial charge in [0, 0.05) is 24.7 Å². The molecule has 27 heavy (non-hydrogen) atoms. The fraction of sp³-hybridized carbons (Fsp3) is 0.333. The largest absolute Gasteiger partial charge is 0.325 e. The highest BCUT2D eigenvalue weighted by atomic mass is 19.1. The molecule has 1 fully saturated rings. The van der Waals surface area contributed by atoms with Crippen molar-refractivity contribution in [1.82, 2.24) is 0 Å². The maximum absolute atomic E-state index is 14.0. The number of hydrogen-bond donors (Lipinski definition) is 1. The molecule has 1 atom stereocenters. The van der Waals surface area contributed by atoms with Crippen LogP contribution in [0, 0.1) is 17.6 Å². The van der Waals surface area contributed by atoms with Gasteiger partial charge in [-0.3, -0.25) is 9.59 Å². The standard InChI is InChI=1S/C21H22F2N2O2/c1-3-13-6-5-7-14(4-2)20(13)24-21(27)15-10-19(26)25(12-15)18-9-8-16(22)11-17(18)23/h5-9,11,15H,3-4,10,12H2,1-2H3,(H,24,27). The van der Waals surface area contributed by atoms with Crippen LogP contribution < -0.4 is 10.2 Å². The molecule has 0 aliphatic carbocycles. The lowest BCUT2D eigenvalue weighted by Crippen LogP contribution is -2.29. The van der Waals surface area contributed by atoms with Crippen molar-refractivity contribution < 1.29 is 18.4 Å². The molecule has 1 N–H and O–H groups in total. The summed E-state index contributed by atoms with van der Waals surface area (Å²) in [5, 5.41) is 2.97. The van der Waals surface area contributed by atoms with E-state index in [0.29, 0.717) is 0 Å². The molecule has 2 aromatic carbocycles. The van der Waals surface area contributed by atoms with Gasteiger partial charge in [0.25, 0.3) is 0 Å². The molecule has 0 aromatic heterocycles. The van der Waals surface area contributed by atoms with Gasteiger partial charge in [-0.15, -0.1) is 0 Å². The summed E-state index contributed by atoms with van der Waals surface area (Å²) in [6, 6.07) is 8.96. The second-order valence-electron chi connectivity index (χ2n) is 6.65. The lowest BCUT2D eigenvalue weighted by molar-refractivity contribution is -0.122. The highest BCUT2D eigenvalue weighted by Gasteiger charge is 2.36. The van der Waals surface area contributed by atoms with E-state index in [0.717, 1.165) is 41.8 Å². The third-order valence-corrected chi connectivity index (χ3v) is 4.94. The predicted molar refractivity (Wildman–Crippen MR) is 101 cm³/mol. The van der Waals surface area contributed by atoms with Crippen LogP contribution in [0.15, 0.2) is 36.4 Å². The SMILES string of the molecule is CCc1cccc(CC)c1NC(=O)C1CC(=O)N(c2ccc(F)cc2F)C1. The highest BCUT2D eigenvalue weighted by Crippen LogP contribution is 2.30. The van der Waals surface area contributed by atoms with Gasteiger partial charge in [0.05, 0.1) is 11.6 Å². The van der Waals surface area contributed by atoms with Gasteiger partial charge in [0.1, 0.15) is 11.6 Å². The van der Waals surface area contributed by atoms with Crippen LogP contribution in [0.25, 0.3) is 0 Å². The number of carbonyl (C=O) groups is 2. The second kappa shape index (κ2) is 7.86. The van der Waals surface area contributed by atoms with Crippen LogP contribution in [0.4, 0.5) is 20.2 Å². The van der Waals surface area contributed by atoms with Crippen molar-refractivity contribution in [2.24, 2.45) is 5.92 Å². The van der Waals surface area contributed by atoms with Crippen molar-refractivity contribution in [3.63, 3.8) is 0 Å². The predicted octanol–water partition coefficient (Wildman–Crippen LogP) is 4.08. The van der Waals surface area contributed by atoms with E-state index in [1.807, 2.05) is 32.0 Å². The van der Waals surface area contributed by atoms with Gasteiger partial charge in [0.15, 0.2) is 0 Å². The smallest absolute Gasteiger partial charge is 0.229 e. The number of benzene rings is 2. The number of anilines is 2. The minimum atomic E-state index is -0.811. The molecule has 1 unspecified atom stereocenters. The number of nitrogens with zero attached hydrogens (tertiary/aromatic N) is 1. The van der Waals surface area contributed by atoms with E-state index in [9.17, 15) is 18.4 Å². The summed E-state index contributed by atoms with van der Waals surface area (Å²) in [6.07, 6.45) is 1.55. The summed E-state index contributed by atoms with van der Waals surface area (Å²) >= 11 is 0. The van der Waals surface area contributed by atoms with Crippen LogP contribution in [0.3, 0.4) is 0 Å². The first-order valence-corrected chi connectivity index (χ1v) is 9.11. The molecule has 3 rings (SSSR count). The summed E-state index contributed by atoms with van der Waals surface area (Å²) in [6.45, 7) is 4.11. The minimum Gasteiger partial charge on any atom is -0.325 e. The fourth-order valence-electron chi connectivity index (χ4n) is 3.44. The minimum absolute atomic E-state index is 0.0000874. The van der Waals surface area contributed by atoms with Gasteiger partial charge in [-0.1, -0.05) is 32.0 Å². The van der Waals surface area contributed by atoms with Crippen LogP contribution in [-0.2, 0) is 22.4 Å². The molecular formula is C21H22F2N2O2. The number of carbonyl (C=O) groups excluding carboxylic acids is 2. The average Bonchev–Trinajstić information content (AvgIpc) is 3.03. The number of para-hydroxylation sites is 1. The van der Waals surface area contributed by atoms with Crippen LogP contribution in [0.5, 0.6) is 0 Å². The van der Waals surface area contributed by atoms with Crippen LogP contribution in [0.1, 0.15) is 31.4 Å². The topological polar surface area (TPSA) is 49.4 Å². The summed E-state index contributed by atoms with van der Waals surface area (Å²) in [7, 11) is 0. The molecule has 2 amide bonds. The Morgan fingerprint density at radius 1 is 1.15 bits per heavy atom. The van der Waals surface area contributed by atoms with Gasteiger partial charge in [0.2, 0.25) is 11.8 Å². The zero-order valence-electron chi connectivity index (χ0n) is 15.4. The van der Waals surface area contributed by atoms with Gasteiger partial charge in [-0.25, -0.2) is 8.78 Å². The van der Waals surface area contributed by atoms with Crippen LogP contribution in [-0.4, -0.2) is 18.4 Å². The third kappa shape index (κ3) is 3.84. The average molecular weight is 372 g/mol. The number of nitrogens with one attached hydrogen (secondary N) is 1. The Hall–Kier alpha value is -2.76. The van der Waals surface area contributed by atoms with E-state index >= 15 is 0 Å². The molecule has 1 heterocycles. The van der Waals surface area contributed by atoms with E-state index in [1.165, 1.54) is 11.0 Å². The molecule has 0 saturated carbocycles. The number of halogens is 2. The molecule has 4 nitrogen and oxygen atoms in total. The Morgan fingerprint density at radius 2 is 1.81 bits per heavy atom. The molecule has 2 aromatic rings. The van der Waals surface area contributed by atoms with Gasteiger partial charge in [-0.2, -0.15) is 0 Å². The summed E-state index contributed by atoms with van der Waals surface area (Å²) in [5.41, 5.74) is 2.87. The molecule has 1 aliphatic rings. The summed E-state index contributed by atoms with van der Waals surface area (Å²) in [4.78, 5) is 26.3. The lowest BCUT2D eigenvalue weighted by Gasteiger charge is -2.19. The van der Waals surface area contributed by atoms with Crippen molar-refractivity contribution >= 4 is 23.2 Å². The number of hydrogen-bond acceptors (Lipinski definition) is 2. The maximum atomic E-state index is 14.0. The van der Waals surface area contributed by atoms with Crippen LogP contribution in [0.2, 0.25) is 0 Å². The second-order valence-corrected chi connectivity index (χ2v) is 6.65. The quantitative estimate of drug-likeness (QED) is 0.860. The van der Waals surface area contributed by atoms with Crippen molar-refractivity contribution in [2.75, 3.05) is 16.8 Å². The van der Waals surface area contributed by atoms with Crippen molar-refractivity contribution in [3.05, 3.63) is 59.2 Å². The molecule has 142 valence electrons. The number of amides is 2. The summed E-state index contributed by atoms with van der Waals surface area (Å²) in [5.74, 6) is -2.71. The fourth-order valence-corrected chi connectivity index (χ4v) is 3.44. The Kier molecular flexibility index (Phi) is 5.54. The Balaban J connectivity index is 1.79. The van der Waals surface area contributed by atoms with Gasteiger partial charge >= 0.3 is 0 Å². The molecule has 0 radical (unpaired) electrons. The monoisotopic (exact) mass is 372 g/mol. The Bertz CT molecular complexity index is 860. The van der Waals surface area contributed by atoms with E-state index < -0.39 is 17.6 Å². The van der Waals surface area contributed by atoms with Crippen molar-refractivity contribution in [3.8, 4) is 0 Å². The zero-order chi connectivity index (χ0) is 19.6. The first-order valence-electron chi connectivity index (χ1n) is 9.11. The van der Waals surface area contributed by atoms with E-state index in [1.54, 1.807) is 0 Å². The third-order valence-electron chi connectivity index (χ3n) is 4.94. The maximum Gasteiger partial charge on any atom is 0.229 e. The molecular weight excluding hydrogens is 350 g/mol. The van der Waals surface area contributed by atoms with Crippen LogP contribution >= 0.6 is 0 Å². The first-order chi connectivity index (χ1) is 12.9. The molecule has 1 saturated heterocycles. The van der Waals surface area contributed by atoms with Crippen molar-refractivity contribution in [2.45, 2.75) is 33.1 Å². The zero-order valence-corrected chi connectivity index (χ0v) is 15.4. The van der Waals surface area contributed by atoms with E-state index in [4.69, 9.17) is 0 Å². The molecule has 0 spiro atoms. The molecule has 1 aliphatic heterocycles. The van der Waals surface area contributed by atoms with E-state index in [-0.39, 0.29) is 30.5 Å². The number of rotatable bonds is 5.